The van der Waals surface area contributed by atoms with Crippen LogP contribution < -0.4 is 15.4 Å². The largest absolute Gasteiger partial charge is 0.495 e. The van der Waals surface area contributed by atoms with Gasteiger partial charge < -0.3 is 24.8 Å². The van der Waals surface area contributed by atoms with Crippen LogP contribution in [0.25, 0.3) is 0 Å². The Morgan fingerprint density at radius 2 is 2.00 bits per heavy atom. The van der Waals surface area contributed by atoms with Crippen LogP contribution in [-0.4, -0.2) is 39.3 Å². The van der Waals surface area contributed by atoms with E-state index in [4.69, 9.17) is 38.0 Å². The fourth-order valence-corrected chi connectivity index (χ4v) is 1.75. The van der Waals surface area contributed by atoms with Gasteiger partial charge in [0.1, 0.15) is 5.75 Å². The lowest BCUT2D eigenvalue weighted by Gasteiger charge is -2.17. The first-order valence-electron chi connectivity index (χ1n) is 5.54. The summed E-state index contributed by atoms with van der Waals surface area (Å²) < 4.78 is 15.3. The second-order valence-corrected chi connectivity index (χ2v) is 4.43. The predicted molar refractivity (Wildman–Crippen MR) is 80.0 cm³/mol. The van der Waals surface area contributed by atoms with Gasteiger partial charge in [0.2, 0.25) is 0 Å². The van der Waals surface area contributed by atoms with E-state index in [1.54, 1.807) is 39.5 Å². The molecule has 1 rings (SSSR count). The molecule has 0 bridgehead atoms. The highest BCUT2D eigenvalue weighted by molar-refractivity contribution is 7.80. The van der Waals surface area contributed by atoms with E-state index in [1.807, 2.05) is 0 Å². The maximum Gasteiger partial charge on any atom is 0.174 e. The maximum absolute atomic E-state index is 5.93. The van der Waals surface area contributed by atoms with E-state index in [2.05, 4.69) is 10.6 Å². The van der Waals surface area contributed by atoms with Crippen LogP contribution in [0.5, 0.6) is 5.75 Å². The van der Waals surface area contributed by atoms with Crippen LogP contribution in [0.4, 0.5) is 5.69 Å². The summed E-state index contributed by atoms with van der Waals surface area (Å²) in [7, 11) is 4.70. The van der Waals surface area contributed by atoms with Crippen molar-refractivity contribution < 1.29 is 14.2 Å². The quantitative estimate of drug-likeness (QED) is 0.621. The zero-order valence-electron chi connectivity index (χ0n) is 11.0. The van der Waals surface area contributed by atoms with E-state index in [9.17, 15) is 0 Å². The second-order valence-electron chi connectivity index (χ2n) is 3.58. The van der Waals surface area contributed by atoms with Crippen LogP contribution in [0.3, 0.4) is 0 Å². The number of hydrogen-bond donors (Lipinski definition) is 2. The third-order valence-corrected chi connectivity index (χ3v) is 2.85. The third-order valence-electron chi connectivity index (χ3n) is 2.36. The van der Waals surface area contributed by atoms with Crippen molar-refractivity contribution >= 4 is 34.6 Å². The van der Waals surface area contributed by atoms with E-state index < -0.39 is 0 Å². The van der Waals surface area contributed by atoms with Gasteiger partial charge in [-0.2, -0.15) is 0 Å². The number of anilines is 1. The monoisotopic (exact) mass is 304 g/mol. The minimum absolute atomic E-state index is 0.360. The third kappa shape index (κ3) is 5.20. The summed E-state index contributed by atoms with van der Waals surface area (Å²) in [5.74, 6) is 0.656. The first-order chi connectivity index (χ1) is 9.10. The summed E-state index contributed by atoms with van der Waals surface area (Å²) >= 11 is 11.1. The molecule has 0 aliphatic rings. The molecule has 0 radical (unpaired) electrons. The van der Waals surface area contributed by atoms with Crippen LogP contribution in [0.15, 0.2) is 18.2 Å². The highest BCUT2D eigenvalue weighted by atomic mass is 35.5. The van der Waals surface area contributed by atoms with Crippen molar-refractivity contribution in [1.29, 1.82) is 0 Å². The van der Waals surface area contributed by atoms with Crippen molar-refractivity contribution in [2.24, 2.45) is 0 Å². The van der Waals surface area contributed by atoms with Gasteiger partial charge in [-0.05, 0) is 30.4 Å². The highest BCUT2D eigenvalue weighted by Gasteiger charge is 2.08. The molecule has 106 valence electrons. The van der Waals surface area contributed by atoms with Crippen molar-refractivity contribution in [1.82, 2.24) is 5.32 Å². The van der Waals surface area contributed by atoms with Gasteiger partial charge in [0.25, 0.3) is 0 Å². The smallest absolute Gasteiger partial charge is 0.174 e. The Hall–Kier alpha value is -1.08. The fourth-order valence-electron chi connectivity index (χ4n) is 1.38. The Labute approximate surface area is 123 Å². The first kappa shape index (κ1) is 16.0. The molecule has 2 N–H and O–H groups in total. The summed E-state index contributed by atoms with van der Waals surface area (Å²) in [4.78, 5) is 0. The zero-order chi connectivity index (χ0) is 14.3. The lowest BCUT2D eigenvalue weighted by atomic mass is 10.3. The van der Waals surface area contributed by atoms with Crippen LogP contribution in [0.1, 0.15) is 0 Å². The predicted octanol–water partition coefficient (Wildman–Crippen LogP) is 2.25. The summed E-state index contributed by atoms with van der Waals surface area (Å²) in [5.41, 5.74) is 0.693. The Balaban J connectivity index is 2.59. The van der Waals surface area contributed by atoms with Gasteiger partial charge in [-0.25, -0.2) is 0 Å². The molecule has 5 nitrogen and oxygen atoms in total. The molecule has 0 saturated heterocycles. The van der Waals surface area contributed by atoms with E-state index >= 15 is 0 Å². The number of thiocarbonyl (C=S) groups is 1. The molecule has 1 aromatic carbocycles. The van der Waals surface area contributed by atoms with Crippen LogP contribution in [0, 0.1) is 0 Å². The average molecular weight is 305 g/mol. The van der Waals surface area contributed by atoms with Crippen LogP contribution >= 0.6 is 23.8 Å². The van der Waals surface area contributed by atoms with E-state index in [-0.39, 0.29) is 6.29 Å². The number of benzene rings is 1. The first-order valence-corrected chi connectivity index (χ1v) is 6.33. The highest BCUT2D eigenvalue weighted by Crippen LogP contribution is 2.27. The zero-order valence-corrected chi connectivity index (χ0v) is 12.6. The lowest BCUT2D eigenvalue weighted by molar-refractivity contribution is -0.0964. The number of hydrogen-bond acceptors (Lipinski definition) is 4. The molecule has 0 aliphatic carbocycles. The standard InChI is InChI=1S/C12H17ClN2O3S/c1-16-10-5-4-8(13)6-9(10)15-12(19)14-7-11(17-2)18-3/h4-6,11H,7H2,1-3H3,(H2,14,15,19). The molecule has 0 unspecified atom stereocenters. The van der Waals surface area contributed by atoms with Gasteiger partial charge in [0.15, 0.2) is 11.4 Å². The molecule has 0 heterocycles. The summed E-state index contributed by atoms with van der Waals surface area (Å²) in [6.07, 6.45) is -0.360. The Bertz CT molecular complexity index is 427. The minimum atomic E-state index is -0.360. The van der Waals surface area contributed by atoms with Gasteiger partial charge in [-0.15, -0.1) is 0 Å². The van der Waals surface area contributed by atoms with Gasteiger partial charge in [-0.1, -0.05) is 11.6 Å². The Morgan fingerprint density at radius 3 is 2.58 bits per heavy atom. The number of halogens is 1. The van der Waals surface area contributed by atoms with Gasteiger partial charge in [0, 0.05) is 19.2 Å². The molecule has 19 heavy (non-hydrogen) atoms. The molecular formula is C12H17ClN2O3S. The molecule has 0 atom stereocenters. The van der Waals surface area contributed by atoms with Crippen molar-refractivity contribution in [3.63, 3.8) is 0 Å². The normalized spacial score (nSPS) is 10.4. The molecule has 7 heteroatoms. The Kier molecular flexibility index (Phi) is 6.86. The van der Waals surface area contributed by atoms with Crippen LogP contribution in [-0.2, 0) is 9.47 Å². The fraction of sp³-hybridized carbons (Fsp3) is 0.417. The Morgan fingerprint density at radius 1 is 1.32 bits per heavy atom. The summed E-state index contributed by atoms with van der Waals surface area (Å²) in [6, 6.07) is 5.24. The average Bonchev–Trinajstić information content (AvgIpc) is 2.40. The topological polar surface area (TPSA) is 51.8 Å². The van der Waals surface area contributed by atoms with Crippen molar-refractivity contribution in [3.05, 3.63) is 23.2 Å². The number of ether oxygens (including phenoxy) is 3. The van der Waals surface area contributed by atoms with Crippen molar-refractivity contribution in [2.45, 2.75) is 6.29 Å². The molecule has 0 aromatic heterocycles. The second kappa shape index (κ2) is 8.16. The summed E-state index contributed by atoms with van der Waals surface area (Å²) in [6.45, 7) is 0.432. The summed E-state index contributed by atoms with van der Waals surface area (Å²) in [5, 5.41) is 7.01. The van der Waals surface area contributed by atoms with E-state index in [1.165, 1.54) is 0 Å². The van der Waals surface area contributed by atoms with E-state index in [0.717, 1.165) is 0 Å². The molecular weight excluding hydrogens is 288 g/mol. The molecule has 0 fully saturated rings. The SMILES string of the molecule is COc1ccc(Cl)cc1NC(=S)NCC(OC)OC. The number of rotatable bonds is 6. The maximum atomic E-state index is 5.93. The van der Waals surface area contributed by atoms with Gasteiger partial charge in [-0.3, -0.25) is 0 Å². The number of nitrogens with one attached hydrogen (secondary N) is 2. The molecule has 0 aliphatic heterocycles. The van der Waals surface area contributed by atoms with E-state index in [0.29, 0.717) is 28.1 Å². The van der Waals surface area contributed by atoms with Gasteiger partial charge in [0.05, 0.1) is 19.3 Å². The molecule has 0 amide bonds. The molecule has 0 saturated carbocycles. The van der Waals surface area contributed by atoms with Crippen molar-refractivity contribution in [3.8, 4) is 5.75 Å². The lowest BCUT2D eigenvalue weighted by Crippen LogP contribution is -2.36. The van der Waals surface area contributed by atoms with Gasteiger partial charge >= 0.3 is 0 Å². The number of methoxy groups -OCH3 is 3. The minimum Gasteiger partial charge on any atom is -0.495 e. The molecule has 1 aromatic rings. The van der Waals surface area contributed by atoms with Crippen LogP contribution in [0.2, 0.25) is 5.02 Å². The molecule has 0 spiro atoms. The van der Waals surface area contributed by atoms with Crippen molar-refractivity contribution in [2.75, 3.05) is 33.2 Å².